The third-order valence-corrected chi connectivity index (χ3v) is 6.14. The quantitative estimate of drug-likeness (QED) is 0.741. The van der Waals surface area contributed by atoms with Crippen molar-refractivity contribution in [3.63, 3.8) is 0 Å². The van der Waals surface area contributed by atoms with Gasteiger partial charge in [0.2, 0.25) is 11.8 Å². The van der Waals surface area contributed by atoms with Crippen LogP contribution in [0.25, 0.3) is 0 Å². The predicted octanol–water partition coefficient (Wildman–Crippen LogP) is 1.29. The SMILES string of the molecule is Cc1noc(C)c1CSCC(=O)N1CCN(CC(=O)N2CCCC2)CC1. The number of piperazine rings is 1. The first-order valence-electron chi connectivity index (χ1n) is 9.32. The molecule has 0 unspecified atom stereocenters. The molecule has 0 radical (unpaired) electrons. The molecule has 3 heterocycles. The monoisotopic (exact) mass is 380 g/mol. The summed E-state index contributed by atoms with van der Waals surface area (Å²) in [5.41, 5.74) is 1.99. The Morgan fingerprint density at radius 2 is 1.65 bits per heavy atom. The van der Waals surface area contributed by atoms with Gasteiger partial charge < -0.3 is 14.3 Å². The van der Waals surface area contributed by atoms with Crippen molar-refractivity contribution in [3.8, 4) is 0 Å². The zero-order chi connectivity index (χ0) is 18.5. The molecule has 0 aliphatic carbocycles. The van der Waals surface area contributed by atoms with E-state index in [0.717, 1.165) is 61.8 Å². The highest BCUT2D eigenvalue weighted by molar-refractivity contribution is 7.99. The summed E-state index contributed by atoms with van der Waals surface area (Å²) >= 11 is 1.60. The number of aryl methyl sites for hydroxylation is 2. The van der Waals surface area contributed by atoms with Gasteiger partial charge in [-0.3, -0.25) is 14.5 Å². The van der Waals surface area contributed by atoms with E-state index in [1.165, 1.54) is 0 Å². The van der Waals surface area contributed by atoms with E-state index in [9.17, 15) is 9.59 Å². The summed E-state index contributed by atoms with van der Waals surface area (Å²) in [5.74, 6) is 2.46. The first-order chi connectivity index (χ1) is 12.5. The average Bonchev–Trinajstić information content (AvgIpc) is 3.28. The maximum Gasteiger partial charge on any atom is 0.236 e. The highest BCUT2D eigenvalue weighted by Crippen LogP contribution is 2.20. The van der Waals surface area contributed by atoms with Crippen LogP contribution in [0.15, 0.2) is 4.52 Å². The van der Waals surface area contributed by atoms with Crippen molar-refractivity contribution >= 4 is 23.6 Å². The molecule has 144 valence electrons. The number of hydrogen-bond acceptors (Lipinski definition) is 6. The fourth-order valence-corrected chi connectivity index (χ4v) is 4.53. The van der Waals surface area contributed by atoms with Crippen LogP contribution < -0.4 is 0 Å². The third-order valence-electron chi connectivity index (χ3n) is 5.20. The molecule has 2 saturated heterocycles. The molecule has 2 aliphatic rings. The van der Waals surface area contributed by atoms with Gasteiger partial charge in [-0.1, -0.05) is 5.16 Å². The van der Waals surface area contributed by atoms with Crippen LogP contribution in [0.5, 0.6) is 0 Å². The van der Waals surface area contributed by atoms with Crippen LogP contribution in [-0.2, 0) is 15.3 Å². The highest BCUT2D eigenvalue weighted by atomic mass is 32.2. The molecule has 0 bridgehead atoms. The van der Waals surface area contributed by atoms with Gasteiger partial charge in [0.1, 0.15) is 5.76 Å². The smallest absolute Gasteiger partial charge is 0.236 e. The topological polar surface area (TPSA) is 69.9 Å². The van der Waals surface area contributed by atoms with Crippen LogP contribution in [0, 0.1) is 13.8 Å². The van der Waals surface area contributed by atoms with Gasteiger partial charge in [-0.15, -0.1) is 11.8 Å². The highest BCUT2D eigenvalue weighted by Gasteiger charge is 2.25. The van der Waals surface area contributed by atoms with Gasteiger partial charge in [0.25, 0.3) is 0 Å². The second-order valence-corrected chi connectivity index (χ2v) is 8.03. The lowest BCUT2D eigenvalue weighted by Gasteiger charge is -2.35. The number of rotatable bonds is 6. The number of thioether (sulfide) groups is 1. The molecule has 2 amide bonds. The first kappa shape index (κ1) is 19.2. The maximum absolute atomic E-state index is 12.4. The molecule has 2 aliphatic heterocycles. The number of nitrogens with zero attached hydrogens (tertiary/aromatic N) is 4. The van der Waals surface area contributed by atoms with Gasteiger partial charge in [0, 0.05) is 50.6 Å². The number of aromatic nitrogens is 1. The van der Waals surface area contributed by atoms with Crippen LogP contribution in [0.2, 0.25) is 0 Å². The summed E-state index contributed by atoms with van der Waals surface area (Å²) in [4.78, 5) is 30.7. The molecule has 3 rings (SSSR count). The van der Waals surface area contributed by atoms with E-state index in [4.69, 9.17) is 4.52 Å². The number of carbonyl (C=O) groups excluding carboxylic acids is 2. The summed E-state index contributed by atoms with van der Waals surface area (Å²) in [7, 11) is 0. The molecular weight excluding hydrogens is 352 g/mol. The number of hydrogen-bond donors (Lipinski definition) is 0. The van der Waals surface area contributed by atoms with E-state index < -0.39 is 0 Å². The van der Waals surface area contributed by atoms with Gasteiger partial charge in [0.15, 0.2) is 0 Å². The Hall–Kier alpha value is -1.54. The molecular formula is C18H28N4O3S. The molecule has 1 aromatic heterocycles. The van der Waals surface area contributed by atoms with Gasteiger partial charge in [0.05, 0.1) is 18.0 Å². The van der Waals surface area contributed by atoms with Crippen LogP contribution in [-0.4, -0.2) is 83.2 Å². The number of amides is 2. The molecule has 7 nitrogen and oxygen atoms in total. The summed E-state index contributed by atoms with van der Waals surface area (Å²) in [6.45, 7) is 9.09. The van der Waals surface area contributed by atoms with Crippen molar-refractivity contribution in [1.82, 2.24) is 19.9 Å². The first-order valence-corrected chi connectivity index (χ1v) is 10.5. The summed E-state index contributed by atoms with van der Waals surface area (Å²) in [6.07, 6.45) is 2.25. The van der Waals surface area contributed by atoms with Crippen molar-refractivity contribution in [1.29, 1.82) is 0 Å². The largest absolute Gasteiger partial charge is 0.361 e. The van der Waals surface area contributed by atoms with E-state index in [0.29, 0.717) is 25.4 Å². The van der Waals surface area contributed by atoms with Crippen molar-refractivity contribution < 1.29 is 14.1 Å². The molecule has 8 heteroatoms. The Kier molecular flexibility index (Phi) is 6.58. The summed E-state index contributed by atoms with van der Waals surface area (Å²) in [6, 6.07) is 0. The number of likely N-dealkylation sites (tertiary alicyclic amines) is 1. The Morgan fingerprint density at radius 1 is 1.00 bits per heavy atom. The summed E-state index contributed by atoms with van der Waals surface area (Å²) < 4.78 is 5.15. The van der Waals surface area contributed by atoms with Crippen LogP contribution in [0.4, 0.5) is 0 Å². The van der Waals surface area contributed by atoms with Crippen molar-refractivity contribution in [3.05, 3.63) is 17.0 Å². The summed E-state index contributed by atoms with van der Waals surface area (Å²) in [5, 5.41) is 3.94. The van der Waals surface area contributed by atoms with Gasteiger partial charge >= 0.3 is 0 Å². The Labute approximate surface area is 159 Å². The van der Waals surface area contributed by atoms with E-state index in [1.54, 1.807) is 11.8 Å². The number of carbonyl (C=O) groups is 2. The van der Waals surface area contributed by atoms with E-state index >= 15 is 0 Å². The molecule has 0 saturated carbocycles. The van der Waals surface area contributed by atoms with Gasteiger partial charge in [-0.25, -0.2) is 0 Å². The zero-order valence-corrected chi connectivity index (χ0v) is 16.5. The van der Waals surface area contributed by atoms with Crippen LogP contribution in [0.3, 0.4) is 0 Å². The van der Waals surface area contributed by atoms with Crippen LogP contribution in [0.1, 0.15) is 29.9 Å². The lowest BCUT2D eigenvalue weighted by molar-refractivity contribution is -0.133. The molecule has 0 N–H and O–H groups in total. The minimum atomic E-state index is 0.173. The predicted molar refractivity (Wildman–Crippen MR) is 101 cm³/mol. The molecule has 26 heavy (non-hydrogen) atoms. The van der Waals surface area contributed by atoms with Gasteiger partial charge in [-0.2, -0.15) is 0 Å². The van der Waals surface area contributed by atoms with E-state index in [-0.39, 0.29) is 11.8 Å². The fraction of sp³-hybridized carbons (Fsp3) is 0.722. The standard InChI is InChI=1S/C18H28N4O3S/c1-14-16(15(2)25-19-14)12-26-13-18(24)22-9-7-20(8-10-22)11-17(23)21-5-3-4-6-21/h3-13H2,1-2H3. The lowest BCUT2D eigenvalue weighted by atomic mass is 10.2. The third kappa shape index (κ3) is 4.79. The van der Waals surface area contributed by atoms with E-state index in [1.807, 2.05) is 23.6 Å². The Bertz CT molecular complexity index is 615. The second-order valence-electron chi connectivity index (χ2n) is 7.04. The molecule has 0 spiro atoms. The zero-order valence-electron chi connectivity index (χ0n) is 15.7. The van der Waals surface area contributed by atoms with E-state index in [2.05, 4.69) is 10.1 Å². The normalized spacial score (nSPS) is 18.5. The molecule has 2 fully saturated rings. The second kappa shape index (κ2) is 8.90. The minimum absolute atomic E-state index is 0.173. The lowest BCUT2D eigenvalue weighted by Crippen LogP contribution is -2.51. The minimum Gasteiger partial charge on any atom is -0.361 e. The van der Waals surface area contributed by atoms with Crippen molar-refractivity contribution in [2.75, 3.05) is 51.6 Å². The average molecular weight is 381 g/mol. The fourth-order valence-electron chi connectivity index (χ4n) is 3.45. The van der Waals surface area contributed by atoms with Crippen LogP contribution >= 0.6 is 11.8 Å². The Balaban J connectivity index is 1.36. The molecule has 0 aromatic carbocycles. The van der Waals surface area contributed by atoms with Crippen molar-refractivity contribution in [2.24, 2.45) is 0 Å². The Morgan fingerprint density at radius 3 is 2.27 bits per heavy atom. The van der Waals surface area contributed by atoms with Crippen molar-refractivity contribution in [2.45, 2.75) is 32.4 Å². The molecule has 1 aromatic rings. The molecule has 0 atom stereocenters. The van der Waals surface area contributed by atoms with Gasteiger partial charge in [-0.05, 0) is 26.7 Å². The maximum atomic E-state index is 12.4.